The first kappa shape index (κ1) is 27.2. The van der Waals surface area contributed by atoms with Crippen molar-refractivity contribution in [3.05, 3.63) is 98.7 Å². The second-order valence-corrected chi connectivity index (χ2v) is 10.0. The fraction of sp³-hybridized carbons (Fsp3) is 0.143. The predicted molar refractivity (Wildman–Crippen MR) is 141 cm³/mol. The number of halogens is 6. The molecule has 1 atom stereocenters. The largest absolute Gasteiger partial charge is 0.416 e. The van der Waals surface area contributed by atoms with Crippen LogP contribution in [-0.4, -0.2) is 28.7 Å². The van der Waals surface area contributed by atoms with E-state index in [1.54, 1.807) is 0 Å². The van der Waals surface area contributed by atoms with Gasteiger partial charge in [-0.05, 0) is 54.4 Å². The number of urea groups is 1. The number of carbonyl (C=O) groups is 2. The van der Waals surface area contributed by atoms with Gasteiger partial charge in [0.15, 0.2) is 0 Å². The maximum absolute atomic E-state index is 14.4. The van der Waals surface area contributed by atoms with Gasteiger partial charge in [0.2, 0.25) is 0 Å². The summed E-state index contributed by atoms with van der Waals surface area (Å²) in [4.78, 5) is 28.0. The van der Waals surface area contributed by atoms with E-state index in [9.17, 15) is 36.8 Å². The fourth-order valence-electron chi connectivity index (χ4n) is 5.34. The van der Waals surface area contributed by atoms with E-state index in [-0.39, 0.29) is 45.7 Å². The molecule has 0 radical (unpaired) electrons. The third-order valence-electron chi connectivity index (χ3n) is 7.14. The van der Waals surface area contributed by atoms with Crippen molar-refractivity contribution in [3.8, 4) is 17.3 Å². The number of hydrogen-bond donors (Lipinski definition) is 3. The van der Waals surface area contributed by atoms with E-state index < -0.39 is 46.9 Å². The predicted octanol–water partition coefficient (Wildman–Crippen LogP) is 6.33. The average Bonchev–Trinajstić information content (AvgIpc) is 3.60. The van der Waals surface area contributed by atoms with Gasteiger partial charge in [-0.25, -0.2) is 13.6 Å². The number of nitrogens with zero attached hydrogens (tertiary/aromatic N) is 3. The number of benzene rings is 3. The van der Waals surface area contributed by atoms with Crippen LogP contribution in [-0.2, 0) is 12.6 Å². The number of alkyl halides is 3. The molecule has 4 aromatic rings. The number of rotatable bonds is 4. The first-order valence-electron chi connectivity index (χ1n) is 12.3. The van der Waals surface area contributed by atoms with Gasteiger partial charge >= 0.3 is 12.2 Å². The second-order valence-electron chi connectivity index (χ2n) is 9.61. The van der Waals surface area contributed by atoms with Gasteiger partial charge in [-0.1, -0.05) is 11.6 Å². The monoisotopic (exact) mass is 598 g/mol. The molecular formula is C28H16ClF5N6O2. The van der Waals surface area contributed by atoms with Crippen molar-refractivity contribution in [2.45, 2.75) is 18.6 Å². The van der Waals surface area contributed by atoms with Gasteiger partial charge in [0.1, 0.15) is 17.7 Å². The molecule has 0 bridgehead atoms. The van der Waals surface area contributed by atoms with Crippen LogP contribution in [0.2, 0.25) is 5.02 Å². The molecule has 3 heterocycles. The summed E-state index contributed by atoms with van der Waals surface area (Å²) in [5, 5.41) is 21.7. The summed E-state index contributed by atoms with van der Waals surface area (Å²) in [6.45, 7) is 0.219. The van der Waals surface area contributed by atoms with Crippen LogP contribution >= 0.6 is 11.6 Å². The Morgan fingerprint density at radius 3 is 2.67 bits per heavy atom. The number of H-pyrrole nitrogens is 1. The SMILES string of the molecule is N#Cc1cn[nH]c1-c1cc(NC(=O)c2cc(F)cc(C(F)(F)F)c2)c2c3c1CCN3C(=O)NC2c1cc(F)ccc1Cl. The highest BCUT2D eigenvalue weighted by Gasteiger charge is 2.41. The van der Waals surface area contributed by atoms with Crippen molar-refractivity contribution in [1.82, 2.24) is 15.5 Å². The number of amides is 3. The molecule has 8 nitrogen and oxygen atoms in total. The first-order chi connectivity index (χ1) is 20.0. The third kappa shape index (κ3) is 4.50. The Morgan fingerprint density at radius 2 is 1.93 bits per heavy atom. The van der Waals surface area contributed by atoms with Crippen molar-refractivity contribution >= 4 is 34.9 Å². The standard InChI is InChI=1S/C28H16ClF5N6O2/c29-20-2-1-15(30)8-19(20)24-22-21(37-26(41)12-5-14(28(32,33)34)7-16(31)6-12)9-18(23-13(10-35)11-36-39-23)17-3-4-40(25(17)22)27(42)38-24/h1-2,5-9,11,24H,3-4H2,(H,36,39)(H,37,41)(H,38,42). The minimum Gasteiger partial charge on any atom is -0.327 e. The van der Waals surface area contributed by atoms with Gasteiger partial charge in [-0.15, -0.1) is 0 Å². The summed E-state index contributed by atoms with van der Waals surface area (Å²) in [6.07, 6.45) is -3.28. The van der Waals surface area contributed by atoms with Crippen LogP contribution in [0.15, 0.2) is 48.7 Å². The lowest BCUT2D eigenvalue weighted by molar-refractivity contribution is -0.137. The summed E-state index contributed by atoms with van der Waals surface area (Å²) in [5.74, 6) is -3.01. The molecule has 0 saturated carbocycles. The van der Waals surface area contributed by atoms with Crippen molar-refractivity contribution in [2.24, 2.45) is 0 Å². The van der Waals surface area contributed by atoms with Crippen LogP contribution < -0.4 is 15.5 Å². The quantitative estimate of drug-likeness (QED) is 0.238. The molecule has 0 aliphatic carbocycles. The van der Waals surface area contributed by atoms with E-state index in [1.165, 1.54) is 23.2 Å². The number of nitriles is 1. The molecule has 1 aromatic heterocycles. The van der Waals surface area contributed by atoms with E-state index in [4.69, 9.17) is 11.6 Å². The maximum atomic E-state index is 14.4. The highest BCUT2D eigenvalue weighted by Crippen LogP contribution is 2.50. The molecule has 0 saturated heterocycles. The van der Waals surface area contributed by atoms with Crippen LogP contribution in [0, 0.1) is 23.0 Å². The molecule has 14 heteroatoms. The van der Waals surface area contributed by atoms with Crippen LogP contribution in [0.25, 0.3) is 11.3 Å². The summed E-state index contributed by atoms with van der Waals surface area (Å²) in [5.41, 5.74) is 0.263. The number of aromatic nitrogens is 2. The number of nitrogens with one attached hydrogen (secondary N) is 3. The fourth-order valence-corrected chi connectivity index (χ4v) is 5.57. The molecule has 3 aromatic carbocycles. The normalized spacial score (nSPS) is 15.7. The molecular weight excluding hydrogens is 583 g/mol. The maximum Gasteiger partial charge on any atom is 0.416 e. The van der Waals surface area contributed by atoms with Gasteiger partial charge in [-0.3, -0.25) is 14.8 Å². The number of hydrogen-bond acceptors (Lipinski definition) is 4. The Labute approximate surface area is 238 Å². The topological polar surface area (TPSA) is 114 Å². The van der Waals surface area contributed by atoms with E-state index >= 15 is 0 Å². The summed E-state index contributed by atoms with van der Waals surface area (Å²) in [6, 6.07) is 6.83. The van der Waals surface area contributed by atoms with Gasteiger partial charge < -0.3 is 10.6 Å². The Bertz CT molecular complexity index is 1850. The number of carbonyl (C=O) groups excluding carboxylic acids is 2. The zero-order valence-electron chi connectivity index (χ0n) is 21.0. The number of anilines is 2. The highest BCUT2D eigenvalue weighted by molar-refractivity contribution is 6.31. The van der Waals surface area contributed by atoms with E-state index in [2.05, 4.69) is 20.8 Å². The van der Waals surface area contributed by atoms with Crippen molar-refractivity contribution < 1.29 is 31.5 Å². The highest BCUT2D eigenvalue weighted by atomic mass is 35.5. The van der Waals surface area contributed by atoms with Crippen LogP contribution in [0.4, 0.5) is 38.1 Å². The lowest BCUT2D eigenvalue weighted by atomic mass is 9.88. The first-order valence-corrected chi connectivity index (χ1v) is 12.7. The van der Waals surface area contributed by atoms with Gasteiger partial charge in [0.25, 0.3) is 5.91 Å². The third-order valence-corrected chi connectivity index (χ3v) is 7.48. The second kappa shape index (κ2) is 9.85. The van der Waals surface area contributed by atoms with Crippen molar-refractivity contribution in [2.75, 3.05) is 16.8 Å². The molecule has 1 unspecified atom stereocenters. The zero-order valence-corrected chi connectivity index (χ0v) is 21.8. The molecule has 3 N–H and O–H groups in total. The smallest absolute Gasteiger partial charge is 0.327 e. The lowest BCUT2D eigenvalue weighted by Gasteiger charge is -2.35. The van der Waals surface area contributed by atoms with Crippen molar-refractivity contribution in [1.29, 1.82) is 5.26 Å². The molecule has 0 spiro atoms. The van der Waals surface area contributed by atoms with Crippen LogP contribution in [0.5, 0.6) is 0 Å². The minimum atomic E-state index is -4.91. The van der Waals surface area contributed by atoms with E-state index in [0.717, 1.165) is 12.1 Å². The summed E-state index contributed by atoms with van der Waals surface area (Å²) in [7, 11) is 0. The molecule has 212 valence electrons. The van der Waals surface area contributed by atoms with Crippen molar-refractivity contribution in [3.63, 3.8) is 0 Å². The Kier molecular flexibility index (Phi) is 6.38. The van der Waals surface area contributed by atoms with Gasteiger partial charge in [-0.2, -0.15) is 23.5 Å². The minimum absolute atomic E-state index is 0.00212. The Balaban J connectivity index is 1.58. The molecule has 6 rings (SSSR count). The van der Waals surface area contributed by atoms with E-state index in [0.29, 0.717) is 35.4 Å². The van der Waals surface area contributed by atoms with Gasteiger partial charge in [0.05, 0.1) is 34.7 Å². The van der Waals surface area contributed by atoms with Gasteiger partial charge in [0, 0.05) is 39.5 Å². The van der Waals surface area contributed by atoms with E-state index in [1.807, 2.05) is 6.07 Å². The molecule has 2 aliphatic heterocycles. The Morgan fingerprint density at radius 1 is 1.14 bits per heavy atom. The summed E-state index contributed by atoms with van der Waals surface area (Å²) < 4.78 is 68.6. The average molecular weight is 599 g/mol. The molecule has 0 fully saturated rings. The molecule has 3 amide bonds. The lowest BCUT2D eigenvalue weighted by Crippen LogP contribution is -2.46. The van der Waals surface area contributed by atoms with Crippen LogP contribution in [0.1, 0.15) is 44.2 Å². The Hall–Kier alpha value is -4.96. The molecule has 2 aliphatic rings. The molecule has 42 heavy (non-hydrogen) atoms. The summed E-state index contributed by atoms with van der Waals surface area (Å²) >= 11 is 6.40. The van der Waals surface area contributed by atoms with Crippen LogP contribution in [0.3, 0.4) is 0 Å². The number of aromatic amines is 1. The zero-order chi connectivity index (χ0) is 29.9.